The lowest BCUT2D eigenvalue weighted by molar-refractivity contribution is 1.39. The van der Waals surface area contributed by atoms with E-state index in [-0.39, 0.29) is 0 Å². The number of hydrogen-bond acceptors (Lipinski definition) is 0. The fourth-order valence-electron chi connectivity index (χ4n) is 0.989. The van der Waals surface area contributed by atoms with E-state index in [0.717, 1.165) is 0 Å². The SMILES string of the molecule is Cc1cc(P)c(P)c(P)c1C. The molecule has 3 atom stereocenters. The van der Waals surface area contributed by atoms with Crippen molar-refractivity contribution in [1.29, 1.82) is 0 Å². The van der Waals surface area contributed by atoms with Crippen LogP contribution in [0.1, 0.15) is 11.1 Å². The highest BCUT2D eigenvalue weighted by molar-refractivity contribution is 7.40. The number of hydrogen-bond donors (Lipinski definition) is 0. The lowest BCUT2D eigenvalue weighted by atomic mass is 10.1. The Labute approximate surface area is 75.2 Å². The van der Waals surface area contributed by atoms with Gasteiger partial charge in [0, 0.05) is 0 Å². The molecule has 3 unspecified atom stereocenters. The molecular weight excluding hydrogens is 189 g/mol. The molecule has 0 saturated heterocycles. The predicted octanol–water partition coefficient (Wildman–Crippen LogP) is 0.805. The summed E-state index contributed by atoms with van der Waals surface area (Å²) >= 11 is 0. The zero-order valence-corrected chi connectivity index (χ0v) is 10.3. The molecule has 1 rings (SSSR count). The van der Waals surface area contributed by atoms with Crippen molar-refractivity contribution >= 4 is 43.6 Å². The summed E-state index contributed by atoms with van der Waals surface area (Å²) in [5.41, 5.74) is 2.72. The van der Waals surface area contributed by atoms with Crippen LogP contribution in [-0.2, 0) is 0 Å². The maximum absolute atomic E-state index is 2.78. The molecule has 0 spiro atoms. The zero-order valence-electron chi connectivity index (χ0n) is 6.81. The van der Waals surface area contributed by atoms with E-state index >= 15 is 0 Å². The average Bonchev–Trinajstić information content (AvgIpc) is 1.97. The minimum absolute atomic E-state index is 1.27. The molecule has 1 aromatic carbocycles. The highest BCUT2D eigenvalue weighted by Crippen LogP contribution is 2.06. The van der Waals surface area contributed by atoms with Gasteiger partial charge in [0.05, 0.1) is 0 Å². The first kappa shape index (κ1) is 9.60. The molecule has 1 aromatic rings. The van der Waals surface area contributed by atoms with Gasteiger partial charge in [0.2, 0.25) is 0 Å². The van der Waals surface area contributed by atoms with Crippen LogP contribution in [0.2, 0.25) is 0 Å². The van der Waals surface area contributed by atoms with E-state index in [4.69, 9.17) is 0 Å². The number of rotatable bonds is 0. The van der Waals surface area contributed by atoms with Gasteiger partial charge < -0.3 is 0 Å². The minimum Gasteiger partial charge on any atom is -0.105 e. The number of benzene rings is 1. The van der Waals surface area contributed by atoms with Crippen molar-refractivity contribution < 1.29 is 0 Å². The molecule has 60 valence electrons. The van der Waals surface area contributed by atoms with Crippen LogP contribution in [0.15, 0.2) is 6.07 Å². The Bertz CT molecular complexity index is 266. The van der Waals surface area contributed by atoms with Crippen molar-refractivity contribution in [3.8, 4) is 0 Å². The Balaban J connectivity index is 3.46. The summed E-state index contributed by atoms with van der Waals surface area (Å²) < 4.78 is 0. The van der Waals surface area contributed by atoms with Crippen LogP contribution in [0.3, 0.4) is 0 Å². The first-order valence-corrected chi connectivity index (χ1v) is 5.18. The van der Waals surface area contributed by atoms with Crippen molar-refractivity contribution in [1.82, 2.24) is 0 Å². The predicted molar refractivity (Wildman–Crippen MR) is 63.9 cm³/mol. The quantitative estimate of drug-likeness (QED) is 0.546. The summed E-state index contributed by atoms with van der Waals surface area (Å²) in [5, 5.41) is 3.85. The Morgan fingerprint density at radius 1 is 1.00 bits per heavy atom. The van der Waals surface area contributed by atoms with Crippen molar-refractivity contribution in [3.63, 3.8) is 0 Å². The Hall–Kier alpha value is 0.510. The van der Waals surface area contributed by atoms with Gasteiger partial charge in [0.25, 0.3) is 0 Å². The summed E-state index contributed by atoms with van der Waals surface area (Å²) in [5.74, 6) is 0. The van der Waals surface area contributed by atoms with Crippen LogP contribution in [0.5, 0.6) is 0 Å². The smallest absolute Gasteiger partial charge is 0.0157 e. The van der Waals surface area contributed by atoms with E-state index in [1.807, 2.05) is 0 Å². The average molecular weight is 202 g/mol. The molecule has 11 heavy (non-hydrogen) atoms. The number of aryl methyl sites for hydroxylation is 1. The highest BCUT2D eigenvalue weighted by atomic mass is 31.0. The van der Waals surface area contributed by atoms with E-state index in [0.29, 0.717) is 0 Å². The van der Waals surface area contributed by atoms with Gasteiger partial charge in [-0.1, -0.05) is 6.07 Å². The summed E-state index contributed by atoms with van der Waals surface area (Å²) in [4.78, 5) is 0. The normalized spacial score (nSPS) is 10.3. The Kier molecular flexibility index (Phi) is 3.04. The molecule has 0 aliphatic rings. The molecule has 0 heterocycles. The standard InChI is InChI=1S/C8H13P3/c1-4-3-6(9)8(11)7(10)5(4)2/h3H,9-11H2,1-2H3. The largest absolute Gasteiger partial charge is 0.105 e. The Morgan fingerprint density at radius 3 is 2.09 bits per heavy atom. The highest BCUT2D eigenvalue weighted by Gasteiger charge is 2.02. The van der Waals surface area contributed by atoms with E-state index in [1.54, 1.807) is 0 Å². The van der Waals surface area contributed by atoms with Gasteiger partial charge in [0.1, 0.15) is 0 Å². The topological polar surface area (TPSA) is 0 Å². The van der Waals surface area contributed by atoms with Crippen LogP contribution >= 0.6 is 27.7 Å². The van der Waals surface area contributed by atoms with E-state index < -0.39 is 0 Å². The third-order valence-electron chi connectivity index (χ3n) is 1.97. The van der Waals surface area contributed by atoms with E-state index in [9.17, 15) is 0 Å². The third kappa shape index (κ3) is 1.81. The van der Waals surface area contributed by atoms with Crippen LogP contribution in [-0.4, -0.2) is 0 Å². The van der Waals surface area contributed by atoms with Crippen molar-refractivity contribution in [2.75, 3.05) is 0 Å². The van der Waals surface area contributed by atoms with Gasteiger partial charge >= 0.3 is 0 Å². The summed E-state index contributed by atoms with van der Waals surface area (Å²) in [6.07, 6.45) is 0. The zero-order chi connectivity index (χ0) is 8.59. The molecule has 0 aliphatic heterocycles. The second-order valence-electron chi connectivity index (χ2n) is 2.74. The van der Waals surface area contributed by atoms with Crippen molar-refractivity contribution in [2.45, 2.75) is 13.8 Å². The molecule has 0 nitrogen and oxygen atoms in total. The van der Waals surface area contributed by atoms with Crippen molar-refractivity contribution in [2.24, 2.45) is 0 Å². The maximum Gasteiger partial charge on any atom is -0.0157 e. The molecule has 3 heteroatoms. The first-order chi connectivity index (χ1) is 5.04. The van der Waals surface area contributed by atoms with Gasteiger partial charge in [0.15, 0.2) is 0 Å². The summed E-state index contributed by atoms with van der Waals surface area (Å²) in [6, 6.07) is 2.19. The molecule has 0 N–H and O–H groups in total. The molecule has 0 aromatic heterocycles. The maximum atomic E-state index is 2.78. The lowest BCUT2D eigenvalue weighted by Crippen LogP contribution is -2.26. The Morgan fingerprint density at radius 2 is 1.55 bits per heavy atom. The summed E-state index contributed by atoms with van der Waals surface area (Å²) in [6.45, 7) is 4.29. The van der Waals surface area contributed by atoms with Crippen LogP contribution in [0.25, 0.3) is 0 Å². The van der Waals surface area contributed by atoms with Crippen LogP contribution < -0.4 is 15.9 Å². The second kappa shape index (κ2) is 3.49. The van der Waals surface area contributed by atoms with Crippen LogP contribution in [0.4, 0.5) is 0 Å². The second-order valence-corrected chi connectivity index (χ2v) is 4.51. The molecule has 0 aliphatic carbocycles. The van der Waals surface area contributed by atoms with E-state index in [2.05, 4.69) is 47.6 Å². The minimum atomic E-state index is 1.27. The van der Waals surface area contributed by atoms with Gasteiger partial charge in [-0.2, -0.15) is 0 Å². The van der Waals surface area contributed by atoms with Gasteiger partial charge in [-0.3, -0.25) is 0 Å². The summed E-state index contributed by atoms with van der Waals surface area (Å²) in [7, 11) is 8.28. The fourth-order valence-corrected chi connectivity index (χ4v) is 2.26. The molecule has 0 saturated carbocycles. The monoisotopic (exact) mass is 202 g/mol. The molecule has 0 bridgehead atoms. The fraction of sp³-hybridized carbons (Fsp3) is 0.250. The molecule has 0 radical (unpaired) electrons. The third-order valence-corrected chi connectivity index (χ3v) is 4.50. The molecule has 0 amide bonds. The van der Waals surface area contributed by atoms with Crippen molar-refractivity contribution in [3.05, 3.63) is 17.2 Å². The van der Waals surface area contributed by atoms with Crippen LogP contribution in [0, 0.1) is 13.8 Å². The molecular formula is C8H13P3. The molecule has 0 fully saturated rings. The van der Waals surface area contributed by atoms with E-state index in [1.165, 1.54) is 27.0 Å². The van der Waals surface area contributed by atoms with Gasteiger partial charge in [-0.15, -0.1) is 27.7 Å². The van der Waals surface area contributed by atoms with Gasteiger partial charge in [-0.05, 0) is 40.9 Å². The first-order valence-electron chi connectivity index (χ1n) is 3.44. The van der Waals surface area contributed by atoms with Gasteiger partial charge in [-0.25, -0.2) is 0 Å². The lowest BCUT2D eigenvalue weighted by Gasteiger charge is -2.10.